The van der Waals surface area contributed by atoms with Crippen LogP contribution in [-0.2, 0) is 12.8 Å². The lowest BCUT2D eigenvalue weighted by molar-refractivity contribution is -0.0435. The Hall–Kier alpha value is -1.89. The minimum Gasteiger partial charge on any atom is -0.369 e. The molecule has 138 valence electrons. The summed E-state index contributed by atoms with van der Waals surface area (Å²) in [6, 6.07) is 6.01. The van der Waals surface area contributed by atoms with Gasteiger partial charge < -0.3 is 16.4 Å². The van der Waals surface area contributed by atoms with Crippen molar-refractivity contribution >= 4 is 30.0 Å². The van der Waals surface area contributed by atoms with Crippen LogP contribution in [0.25, 0.3) is 0 Å². The van der Waals surface area contributed by atoms with Gasteiger partial charge >= 0.3 is 0 Å². The van der Waals surface area contributed by atoms with Crippen LogP contribution in [0.15, 0.2) is 28.2 Å². The molecule has 0 radical (unpaired) electrons. The van der Waals surface area contributed by atoms with Gasteiger partial charge in [-0.25, -0.2) is 13.8 Å². The minimum absolute atomic E-state index is 0. The van der Waals surface area contributed by atoms with E-state index in [-0.39, 0.29) is 50.3 Å². The summed E-state index contributed by atoms with van der Waals surface area (Å²) in [5.74, 6) is -2.40. The normalized spacial score (nSPS) is 20.6. The molecule has 8 heteroatoms. The first-order chi connectivity index (χ1) is 11.4. The standard InChI is InChI=1S/C17H23F2N5.ClH/c18-17(19)8-10-24(11-9-17)16(21)23-15(20)22-14-7-3-5-12-4-1-2-6-13(12)14;/h3,5,7H,1-2,4,6,8-11H2,(H4,20,21,22,23);1H. The van der Waals surface area contributed by atoms with Crippen LogP contribution in [0.4, 0.5) is 14.5 Å². The Labute approximate surface area is 152 Å². The second-order valence-corrected chi connectivity index (χ2v) is 6.40. The number of nitrogens with zero attached hydrogens (tertiary/aromatic N) is 3. The van der Waals surface area contributed by atoms with Gasteiger partial charge in [-0.3, -0.25) is 0 Å². The molecule has 0 spiro atoms. The Kier molecular flexibility index (Phi) is 6.21. The molecule has 0 aromatic heterocycles. The van der Waals surface area contributed by atoms with Gasteiger partial charge in [0.15, 0.2) is 5.96 Å². The van der Waals surface area contributed by atoms with Crippen molar-refractivity contribution in [3.8, 4) is 0 Å². The minimum atomic E-state index is -2.61. The quantitative estimate of drug-likeness (QED) is 0.588. The van der Waals surface area contributed by atoms with Crippen LogP contribution in [0.1, 0.15) is 36.8 Å². The number of likely N-dealkylation sites (tertiary alicyclic amines) is 1. The third-order valence-corrected chi connectivity index (χ3v) is 4.65. The van der Waals surface area contributed by atoms with E-state index in [4.69, 9.17) is 11.5 Å². The predicted octanol–water partition coefficient (Wildman–Crippen LogP) is 2.98. The Morgan fingerprint density at radius 1 is 1.08 bits per heavy atom. The number of fused-ring (bicyclic) bond motifs is 1. The molecule has 5 nitrogen and oxygen atoms in total. The molecule has 0 unspecified atom stereocenters. The van der Waals surface area contributed by atoms with E-state index in [9.17, 15) is 8.78 Å². The van der Waals surface area contributed by atoms with Gasteiger partial charge in [0.1, 0.15) is 0 Å². The van der Waals surface area contributed by atoms with Gasteiger partial charge in [0.25, 0.3) is 5.92 Å². The van der Waals surface area contributed by atoms with Gasteiger partial charge in [-0.15, -0.1) is 12.4 Å². The van der Waals surface area contributed by atoms with Gasteiger partial charge in [-0.1, -0.05) is 12.1 Å². The molecule has 1 aromatic carbocycles. The lowest BCUT2D eigenvalue weighted by Gasteiger charge is -2.32. The first kappa shape index (κ1) is 19.4. The Morgan fingerprint density at radius 2 is 1.76 bits per heavy atom. The fourth-order valence-corrected chi connectivity index (χ4v) is 3.27. The smallest absolute Gasteiger partial charge is 0.251 e. The number of benzene rings is 1. The maximum absolute atomic E-state index is 13.2. The van der Waals surface area contributed by atoms with Gasteiger partial charge in [0.2, 0.25) is 5.96 Å². The summed E-state index contributed by atoms with van der Waals surface area (Å²) in [5.41, 5.74) is 15.2. The van der Waals surface area contributed by atoms with Crippen molar-refractivity contribution in [2.45, 2.75) is 44.4 Å². The van der Waals surface area contributed by atoms with Crippen LogP contribution < -0.4 is 11.5 Å². The van der Waals surface area contributed by atoms with Crippen molar-refractivity contribution in [1.29, 1.82) is 0 Å². The van der Waals surface area contributed by atoms with Crippen LogP contribution in [0.3, 0.4) is 0 Å². The van der Waals surface area contributed by atoms with Crippen molar-refractivity contribution in [2.24, 2.45) is 21.5 Å². The highest BCUT2D eigenvalue weighted by molar-refractivity contribution is 5.94. The topological polar surface area (TPSA) is 80.0 Å². The fourth-order valence-electron chi connectivity index (χ4n) is 3.27. The number of aryl methyl sites for hydroxylation is 1. The number of alkyl halides is 2. The number of rotatable bonds is 1. The molecular weight excluding hydrogens is 348 g/mol. The van der Waals surface area contributed by atoms with Crippen molar-refractivity contribution in [2.75, 3.05) is 13.1 Å². The zero-order valence-corrected chi connectivity index (χ0v) is 14.9. The van der Waals surface area contributed by atoms with E-state index in [0.717, 1.165) is 24.9 Å². The van der Waals surface area contributed by atoms with E-state index in [1.165, 1.54) is 17.5 Å². The van der Waals surface area contributed by atoms with Gasteiger partial charge in [0, 0.05) is 25.9 Å². The Morgan fingerprint density at radius 3 is 2.48 bits per heavy atom. The number of aliphatic imine (C=N–C) groups is 2. The molecule has 1 saturated heterocycles. The second kappa shape index (κ2) is 7.99. The molecule has 25 heavy (non-hydrogen) atoms. The monoisotopic (exact) mass is 371 g/mol. The van der Waals surface area contributed by atoms with Gasteiger partial charge in [-0.2, -0.15) is 4.99 Å². The average molecular weight is 372 g/mol. The summed E-state index contributed by atoms with van der Waals surface area (Å²) in [4.78, 5) is 10.1. The van der Waals surface area contributed by atoms with E-state index in [1.807, 2.05) is 12.1 Å². The largest absolute Gasteiger partial charge is 0.369 e. The SMILES string of the molecule is Cl.NC(=Nc1cccc2c1CCCC2)N=C(N)N1CCC(F)(F)CC1. The third-order valence-electron chi connectivity index (χ3n) is 4.65. The van der Waals surface area contributed by atoms with Crippen LogP contribution in [-0.4, -0.2) is 35.8 Å². The maximum Gasteiger partial charge on any atom is 0.251 e. The van der Waals surface area contributed by atoms with E-state index in [1.54, 1.807) is 4.90 Å². The summed E-state index contributed by atoms with van der Waals surface area (Å²) < 4.78 is 26.4. The summed E-state index contributed by atoms with van der Waals surface area (Å²) in [7, 11) is 0. The van der Waals surface area contributed by atoms with Crippen LogP contribution in [0, 0.1) is 0 Å². The molecule has 1 heterocycles. The van der Waals surface area contributed by atoms with E-state index < -0.39 is 5.92 Å². The number of nitrogens with two attached hydrogens (primary N) is 2. The van der Waals surface area contributed by atoms with Crippen LogP contribution in [0.2, 0.25) is 0 Å². The molecule has 0 saturated carbocycles. The van der Waals surface area contributed by atoms with Gasteiger partial charge in [0.05, 0.1) is 5.69 Å². The molecule has 1 aliphatic carbocycles. The highest BCUT2D eigenvalue weighted by Gasteiger charge is 2.34. The van der Waals surface area contributed by atoms with E-state index >= 15 is 0 Å². The fraction of sp³-hybridized carbons (Fsp3) is 0.529. The lowest BCUT2D eigenvalue weighted by Crippen LogP contribution is -2.46. The lowest BCUT2D eigenvalue weighted by atomic mass is 9.90. The highest BCUT2D eigenvalue weighted by atomic mass is 35.5. The number of halogens is 3. The molecule has 1 aromatic rings. The Bertz CT molecular complexity index is 665. The van der Waals surface area contributed by atoms with Crippen molar-refractivity contribution in [3.05, 3.63) is 29.3 Å². The first-order valence-electron chi connectivity index (χ1n) is 8.36. The average Bonchev–Trinajstić information content (AvgIpc) is 2.55. The van der Waals surface area contributed by atoms with Crippen molar-refractivity contribution in [1.82, 2.24) is 4.90 Å². The summed E-state index contributed by atoms with van der Waals surface area (Å²) in [6.07, 6.45) is 3.96. The molecule has 1 fully saturated rings. The molecule has 1 aliphatic heterocycles. The Balaban J connectivity index is 0.00000225. The first-order valence-corrected chi connectivity index (χ1v) is 8.36. The molecule has 0 amide bonds. The molecule has 3 rings (SSSR count). The summed E-state index contributed by atoms with van der Waals surface area (Å²) >= 11 is 0. The maximum atomic E-state index is 13.2. The zero-order valence-electron chi connectivity index (χ0n) is 14.0. The number of guanidine groups is 2. The molecule has 0 atom stereocenters. The van der Waals surface area contributed by atoms with Crippen LogP contribution in [0.5, 0.6) is 0 Å². The summed E-state index contributed by atoms with van der Waals surface area (Å²) in [5, 5.41) is 0. The number of hydrogen-bond acceptors (Lipinski definition) is 1. The van der Waals surface area contributed by atoms with Crippen molar-refractivity contribution in [3.63, 3.8) is 0 Å². The number of hydrogen-bond donors (Lipinski definition) is 2. The second-order valence-electron chi connectivity index (χ2n) is 6.40. The van der Waals surface area contributed by atoms with Gasteiger partial charge in [-0.05, 0) is 42.9 Å². The molecule has 0 bridgehead atoms. The molecular formula is C17H24ClF2N5. The number of piperidine rings is 1. The predicted molar refractivity (Wildman–Crippen MR) is 99.0 cm³/mol. The summed E-state index contributed by atoms with van der Waals surface area (Å²) in [6.45, 7) is 0.354. The van der Waals surface area contributed by atoms with Crippen molar-refractivity contribution < 1.29 is 8.78 Å². The van der Waals surface area contributed by atoms with Crippen LogP contribution >= 0.6 is 12.4 Å². The highest BCUT2D eigenvalue weighted by Crippen LogP contribution is 2.30. The molecule has 4 N–H and O–H groups in total. The van der Waals surface area contributed by atoms with E-state index in [0.29, 0.717) is 0 Å². The zero-order chi connectivity index (χ0) is 17.2. The molecule has 2 aliphatic rings. The van der Waals surface area contributed by atoms with E-state index in [2.05, 4.69) is 16.1 Å². The third kappa shape index (κ3) is 4.81.